The van der Waals surface area contributed by atoms with Crippen molar-refractivity contribution >= 4 is 21.7 Å². The van der Waals surface area contributed by atoms with E-state index in [1.807, 2.05) is 0 Å². The molecule has 0 fully saturated rings. The summed E-state index contributed by atoms with van der Waals surface area (Å²) in [5.41, 5.74) is 0.462. The molecule has 0 saturated carbocycles. The van der Waals surface area contributed by atoms with Gasteiger partial charge in [-0.25, -0.2) is 0 Å². The van der Waals surface area contributed by atoms with Gasteiger partial charge in [-0.3, -0.25) is 4.79 Å². The van der Waals surface area contributed by atoms with E-state index in [4.69, 9.17) is 0 Å². The van der Waals surface area contributed by atoms with Gasteiger partial charge < -0.3 is 5.11 Å². The summed E-state index contributed by atoms with van der Waals surface area (Å²) in [7, 11) is 0. The van der Waals surface area contributed by atoms with Crippen molar-refractivity contribution in [2.75, 3.05) is 0 Å². The van der Waals surface area contributed by atoms with Crippen LogP contribution in [0, 0.1) is 0 Å². The summed E-state index contributed by atoms with van der Waals surface area (Å²) in [4.78, 5) is 12.4. The van der Waals surface area contributed by atoms with Gasteiger partial charge in [0, 0.05) is 5.57 Å². The molecule has 0 saturated heterocycles. The van der Waals surface area contributed by atoms with E-state index in [1.165, 1.54) is 11.9 Å². The highest BCUT2D eigenvalue weighted by atomic mass is 79.9. The molecule has 0 aromatic heterocycles. The Morgan fingerprint density at radius 3 is 2.58 bits per heavy atom. The van der Waals surface area contributed by atoms with E-state index >= 15 is 0 Å². The standard InChI is InChI=1S/C9H15BrO2/c1-3-4-5-9(12)8(6-10)7(2)11/h6,9,12H,3-5H2,1-2H3/b8-6+. The molecule has 1 N–H and O–H groups in total. The fraction of sp³-hybridized carbons (Fsp3) is 0.667. The summed E-state index contributed by atoms with van der Waals surface area (Å²) in [6.45, 7) is 3.51. The van der Waals surface area contributed by atoms with Gasteiger partial charge in [0.05, 0.1) is 6.10 Å². The second kappa shape index (κ2) is 6.38. The molecule has 0 aromatic rings. The Bertz CT molecular complexity index is 175. The van der Waals surface area contributed by atoms with Gasteiger partial charge in [0.1, 0.15) is 0 Å². The molecular formula is C9H15BrO2. The number of unbranched alkanes of at least 4 members (excludes halogenated alkanes) is 1. The van der Waals surface area contributed by atoms with Crippen molar-refractivity contribution in [3.63, 3.8) is 0 Å². The smallest absolute Gasteiger partial charge is 0.158 e. The molecular weight excluding hydrogens is 220 g/mol. The van der Waals surface area contributed by atoms with E-state index in [9.17, 15) is 9.90 Å². The Labute approximate surface area is 81.8 Å². The maximum absolute atomic E-state index is 10.9. The van der Waals surface area contributed by atoms with Crippen LogP contribution in [0.25, 0.3) is 0 Å². The van der Waals surface area contributed by atoms with E-state index in [-0.39, 0.29) is 5.78 Å². The zero-order chi connectivity index (χ0) is 9.56. The molecule has 0 amide bonds. The maximum Gasteiger partial charge on any atom is 0.158 e. The van der Waals surface area contributed by atoms with Crippen LogP contribution in [0.5, 0.6) is 0 Å². The number of carbonyl (C=O) groups excluding carboxylic acids is 1. The van der Waals surface area contributed by atoms with Crippen LogP contribution in [-0.2, 0) is 4.79 Å². The van der Waals surface area contributed by atoms with Crippen molar-refractivity contribution in [1.82, 2.24) is 0 Å². The Balaban J connectivity index is 4.05. The number of ketones is 1. The fourth-order valence-corrected chi connectivity index (χ4v) is 1.56. The Kier molecular flexibility index (Phi) is 6.30. The predicted molar refractivity (Wildman–Crippen MR) is 53.2 cm³/mol. The quantitative estimate of drug-likeness (QED) is 0.743. The van der Waals surface area contributed by atoms with Gasteiger partial charge in [-0.15, -0.1) is 0 Å². The lowest BCUT2D eigenvalue weighted by Gasteiger charge is -2.10. The highest BCUT2D eigenvalue weighted by Gasteiger charge is 2.13. The Morgan fingerprint density at radius 1 is 1.67 bits per heavy atom. The molecule has 0 bridgehead atoms. The second-order valence-corrected chi connectivity index (χ2v) is 3.24. The van der Waals surface area contributed by atoms with Crippen LogP contribution < -0.4 is 0 Å². The second-order valence-electron chi connectivity index (χ2n) is 2.78. The lowest BCUT2D eigenvalue weighted by Crippen LogP contribution is -2.15. The first kappa shape index (κ1) is 11.8. The number of hydrogen-bond donors (Lipinski definition) is 1. The zero-order valence-corrected chi connectivity index (χ0v) is 9.10. The number of Topliss-reactive ketones (excluding diaryl/α,β-unsaturated/α-hetero) is 1. The lowest BCUT2D eigenvalue weighted by atomic mass is 10.0. The minimum Gasteiger partial charge on any atom is -0.388 e. The van der Waals surface area contributed by atoms with Gasteiger partial charge in [-0.1, -0.05) is 35.7 Å². The summed E-state index contributed by atoms with van der Waals surface area (Å²) in [6.07, 6.45) is 2.03. The molecule has 1 unspecified atom stereocenters. The van der Waals surface area contributed by atoms with Gasteiger partial charge in [0.15, 0.2) is 5.78 Å². The van der Waals surface area contributed by atoms with E-state index in [1.54, 1.807) is 0 Å². The van der Waals surface area contributed by atoms with Crippen LogP contribution >= 0.6 is 15.9 Å². The number of aliphatic hydroxyl groups is 1. The normalized spacial score (nSPS) is 14.5. The number of carbonyl (C=O) groups is 1. The van der Waals surface area contributed by atoms with Crippen molar-refractivity contribution in [1.29, 1.82) is 0 Å². The molecule has 2 nitrogen and oxygen atoms in total. The van der Waals surface area contributed by atoms with Crippen LogP contribution in [0.15, 0.2) is 10.6 Å². The number of hydrogen-bond acceptors (Lipinski definition) is 2. The topological polar surface area (TPSA) is 37.3 Å². The van der Waals surface area contributed by atoms with Crippen LogP contribution in [0.1, 0.15) is 33.1 Å². The first-order valence-electron chi connectivity index (χ1n) is 4.12. The molecule has 0 aliphatic rings. The highest BCUT2D eigenvalue weighted by molar-refractivity contribution is 9.11. The van der Waals surface area contributed by atoms with E-state index < -0.39 is 6.10 Å². The SMILES string of the molecule is CCCCC(O)/C(=C/Br)C(C)=O. The van der Waals surface area contributed by atoms with E-state index in [0.29, 0.717) is 12.0 Å². The van der Waals surface area contributed by atoms with E-state index in [0.717, 1.165) is 12.8 Å². The molecule has 70 valence electrons. The lowest BCUT2D eigenvalue weighted by molar-refractivity contribution is -0.114. The van der Waals surface area contributed by atoms with Gasteiger partial charge in [0.25, 0.3) is 0 Å². The molecule has 0 aromatic carbocycles. The molecule has 0 aliphatic heterocycles. The Hall–Kier alpha value is -0.150. The molecule has 3 heteroatoms. The van der Waals surface area contributed by atoms with Crippen LogP contribution in [0.2, 0.25) is 0 Å². The molecule has 12 heavy (non-hydrogen) atoms. The third kappa shape index (κ3) is 4.02. The summed E-state index contributed by atoms with van der Waals surface area (Å²) in [6, 6.07) is 0. The Morgan fingerprint density at radius 2 is 2.25 bits per heavy atom. The third-order valence-corrected chi connectivity index (χ3v) is 2.21. The first-order chi connectivity index (χ1) is 5.63. The minimum atomic E-state index is -0.609. The third-order valence-electron chi connectivity index (χ3n) is 1.71. The summed E-state index contributed by atoms with van der Waals surface area (Å²) >= 11 is 3.07. The minimum absolute atomic E-state index is 0.0736. The van der Waals surface area contributed by atoms with Crippen molar-refractivity contribution in [2.45, 2.75) is 39.2 Å². The molecule has 0 aliphatic carbocycles. The number of aliphatic hydroxyl groups excluding tert-OH is 1. The van der Waals surface area contributed by atoms with Crippen LogP contribution in [0.3, 0.4) is 0 Å². The van der Waals surface area contributed by atoms with Gasteiger partial charge in [-0.05, 0) is 18.3 Å². The summed E-state index contributed by atoms with van der Waals surface area (Å²) < 4.78 is 0. The van der Waals surface area contributed by atoms with E-state index in [2.05, 4.69) is 22.9 Å². The first-order valence-corrected chi connectivity index (χ1v) is 5.04. The summed E-state index contributed by atoms with van der Waals surface area (Å²) in [5, 5.41) is 9.49. The van der Waals surface area contributed by atoms with Crippen LogP contribution in [-0.4, -0.2) is 17.0 Å². The molecule has 0 rings (SSSR count). The van der Waals surface area contributed by atoms with Crippen molar-refractivity contribution in [2.24, 2.45) is 0 Å². The average Bonchev–Trinajstić information content (AvgIpc) is 2.01. The molecule has 0 spiro atoms. The number of rotatable bonds is 5. The van der Waals surface area contributed by atoms with Crippen LogP contribution in [0.4, 0.5) is 0 Å². The van der Waals surface area contributed by atoms with Crippen molar-refractivity contribution < 1.29 is 9.90 Å². The average molecular weight is 235 g/mol. The monoisotopic (exact) mass is 234 g/mol. The van der Waals surface area contributed by atoms with Crippen molar-refractivity contribution in [3.8, 4) is 0 Å². The summed E-state index contributed by atoms with van der Waals surface area (Å²) in [5.74, 6) is -0.0736. The molecule has 0 radical (unpaired) electrons. The van der Waals surface area contributed by atoms with Crippen molar-refractivity contribution in [3.05, 3.63) is 10.6 Å². The molecule has 1 atom stereocenters. The fourth-order valence-electron chi connectivity index (χ4n) is 0.937. The van der Waals surface area contributed by atoms with Gasteiger partial charge in [-0.2, -0.15) is 0 Å². The highest BCUT2D eigenvalue weighted by Crippen LogP contribution is 2.12. The maximum atomic E-state index is 10.9. The zero-order valence-electron chi connectivity index (χ0n) is 7.51. The van der Waals surface area contributed by atoms with Gasteiger partial charge in [0.2, 0.25) is 0 Å². The number of halogens is 1. The molecule has 0 heterocycles. The largest absolute Gasteiger partial charge is 0.388 e. The van der Waals surface area contributed by atoms with Gasteiger partial charge >= 0.3 is 0 Å². The predicted octanol–water partition coefficient (Wildman–Crippen LogP) is 2.41.